The second-order valence-corrected chi connectivity index (χ2v) is 2.66. The minimum Gasteiger partial charge on any atom is -0.350 e. The Morgan fingerprint density at radius 1 is 1.77 bits per heavy atom. The van der Waals surface area contributed by atoms with Gasteiger partial charge in [-0.05, 0) is 19.2 Å². The van der Waals surface area contributed by atoms with Gasteiger partial charge < -0.3 is 5.32 Å². The zero-order valence-electron chi connectivity index (χ0n) is 8.21. The first kappa shape index (κ1) is 11.6. The van der Waals surface area contributed by atoms with Crippen LogP contribution in [0.3, 0.4) is 0 Å². The van der Waals surface area contributed by atoms with Crippen LogP contribution in [-0.4, -0.2) is 18.7 Å². The van der Waals surface area contributed by atoms with Gasteiger partial charge in [0.05, 0.1) is 6.04 Å². The summed E-state index contributed by atoms with van der Waals surface area (Å²) in [4.78, 5) is 14.7. The van der Waals surface area contributed by atoms with Gasteiger partial charge in [0.25, 0.3) is 0 Å². The van der Waals surface area contributed by atoms with Crippen molar-refractivity contribution >= 4 is 12.6 Å². The molecule has 0 aromatic carbocycles. The third kappa shape index (κ3) is 4.25. The molecule has 1 atom stereocenters. The normalized spacial score (nSPS) is 13.2. The van der Waals surface area contributed by atoms with Crippen LogP contribution in [0.4, 0.5) is 0 Å². The Labute approximate surface area is 80.7 Å². The molecule has 0 unspecified atom stereocenters. The number of nitrogens with one attached hydrogen (secondary N) is 1. The lowest BCUT2D eigenvalue weighted by atomic mass is 10.1. The minimum absolute atomic E-state index is 0. The van der Waals surface area contributed by atoms with E-state index in [4.69, 9.17) is 0 Å². The monoisotopic (exact) mass is 182 g/mol. The maximum absolute atomic E-state index is 11.0. The fraction of sp³-hybridized carbons (Fsp3) is 0.400. The van der Waals surface area contributed by atoms with E-state index in [1.165, 1.54) is 0 Å². The molecule has 0 heterocycles. The van der Waals surface area contributed by atoms with Gasteiger partial charge in [-0.1, -0.05) is 19.6 Å². The second kappa shape index (κ2) is 6.17. The topological polar surface area (TPSA) is 41.5 Å². The molecule has 3 nitrogen and oxygen atoms in total. The molecule has 1 N–H and O–H groups in total. The highest BCUT2D eigenvalue weighted by molar-refractivity contribution is 5.76. The van der Waals surface area contributed by atoms with Crippen molar-refractivity contribution in [2.24, 2.45) is 4.99 Å². The van der Waals surface area contributed by atoms with Gasteiger partial charge in [-0.3, -0.25) is 9.79 Å². The number of hydrogen-bond acceptors (Lipinski definition) is 2. The number of aliphatic imine (C=N–C) groups is 1. The molecule has 0 aliphatic rings. The third-order valence-corrected chi connectivity index (χ3v) is 1.67. The van der Waals surface area contributed by atoms with Gasteiger partial charge in [0, 0.05) is 14.0 Å². The highest BCUT2D eigenvalue weighted by Gasteiger charge is 2.07. The summed E-state index contributed by atoms with van der Waals surface area (Å²) >= 11 is 0. The Morgan fingerprint density at radius 3 is 2.77 bits per heavy atom. The molecule has 1 amide bonds. The largest absolute Gasteiger partial charge is 0.350 e. The van der Waals surface area contributed by atoms with Crippen LogP contribution in [0.5, 0.6) is 0 Å². The van der Waals surface area contributed by atoms with E-state index in [9.17, 15) is 4.79 Å². The fourth-order valence-corrected chi connectivity index (χ4v) is 0.874. The minimum atomic E-state index is -0.0598. The van der Waals surface area contributed by atoms with Gasteiger partial charge >= 0.3 is 0 Å². The molecule has 0 aromatic rings. The van der Waals surface area contributed by atoms with Crippen LogP contribution in [0.2, 0.25) is 0 Å². The lowest BCUT2D eigenvalue weighted by Crippen LogP contribution is -2.32. The van der Waals surface area contributed by atoms with E-state index in [2.05, 4.69) is 23.6 Å². The molecule has 0 fully saturated rings. The van der Waals surface area contributed by atoms with Crippen LogP contribution in [0.15, 0.2) is 29.4 Å². The maximum Gasteiger partial charge on any atom is 0.220 e. The first-order valence-corrected chi connectivity index (χ1v) is 4.23. The summed E-state index contributed by atoms with van der Waals surface area (Å²) in [5.74, 6) is 0.0179. The standard InChI is InChI=1S/C10H16N2O.H2/c1-5-9(7-11-4)8(3)12-10(13)6-2;/h5,7-8H,1,4,6H2,2-3H3,(H,12,13);1H/b9-7+;/t8-;/m0./s1. The molecule has 0 spiro atoms. The predicted octanol–water partition coefficient (Wildman–Crippen LogP) is 1.92. The molecule has 13 heavy (non-hydrogen) atoms. The van der Waals surface area contributed by atoms with Crippen LogP contribution in [-0.2, 0) is 4.79 Å². The Morgan fingerprint density at radius 2 is 2.38 bits per heavy atom. The number of amides is 1. The zero-order valence-corrected chi connectivity index (χ0v) is 8.21. The van der Waals surface area contributed by atoms with Crippen molar-refractivity contribution in [2.45, 2.75) is 26.3 Å². The Kier molecular flexibility index (Phi) is 5.52. The number of carbonyl (C=O) groups is 1. The van der Waals surface area contributed by atoms with Crippen LogP contribution in [0, 0.1) is 0 Å². The smallest absolute Gasteiger partial charge is 0.220 e. The van der Waals surface area contributed by atoms with Gasteiger partial charge in [-0.25, -0.2) is 0 Å². The maximum atomic E-state index is 11.0. The van der Waals surface area contributed by atoms with Crippen molar-refractivity contribution in [2.75, 3.05) is 0 Å². The van der Waals surface area contributed by atoms with Gasteiger partial charge in [0.2, 0.25) is 5.91 Å². The van der Waals surface area contributed by atoms with Crippen LogP contribution in [0.25, 0.3) is 0 Å². The number of rotatable bonds is 5. The predicted molar refractivity (Wildman–Crippen MR) is 57.8 cm³/mol. The highest BCUT2D eigenvalue weighted by atomic mass is 16.1. The van der Waals surface area contributed by atoms with Crippen molar-refractivity contribution < 1.29 is 6.22 Å². The van der Waals surface area contributed by atoms with E-state index in [0.29, 0.717) is 6.42 Å². The molecule has 0 radical (unpaired) electrons. The molecular weight excluding hydrogens is 164 g/mol. The summed E-state index contributed by atoms with van der Waals surface area (Å²) < 4.78 is 0. The molecule has 0 rings (SSSR count). The SMILES string of the molecule is C=C/C(=C\N=C)[C@H](C)NC(=O)CC.[HH]. The molecule has 0 bridgehead atoms. The third-order valence-electron chi connectivity index (χ3n) is 1.67. The first-order chi connectivity index (χ1) is 6.15. The van der Waals surface area contributed by atoms with Gasteiger partial charge in [-0.15, -0.1) is 0 Å². The van der Waals surface area contributed by atoms with E-state index < -0.39 is 0 Å². The van der Waals surface area contributed by atoms with Crippen LogP contribution >= 0.6 is 0 Å². The summed E-state index contributed by atoms with van der Waals surface area (Å²) in [6, 6.07) is -0.0598. The molecule has 0 saturated carbocycles. The number of carbonyl (C=O) groups excluding carboxylic acids is 1. The van der Waals surface area contributed by atoms with E-state index >= 15 is 0 Å². The van der Waals surface area contributed by atoms with Crippen LogP contribution in [0.1, 0.15) is 21.7 Å². The lowest BCUT2D eigenvalue weighted by molar-refractivity contribution is -0.121. The van der Waals surface area contributed by atoms with Crippen molar-refractivity contribution in [3.8, 4) is 0 Å². The second-order valence-electron chi connectivity index (χ2n) is 2.66. The fourth-order valence-electron chi connectivity index (χ4n) is 0.874. The lowest BCUT2D eigenvalue weighted by Gasteiger charge is -2.13. The molecule has 0 aliphatic carbocycles. The molecule has 3 heteroatoms. The van der Waals surface area contributed by atoms with Crippen molar-refractivity contribution in [1.29, 1.82) is 0 Å². The van der Waals surface area contributed by atoms with E-state index in [-0.39, 0.29) is 13.4 Å². The molecule has 0 aliphatic heterocycles. The highest BCUT2D eigenvalue weighted by Crippen LogP contribution is 2.03. The summed E-state index contributed by atoms with van der Waals surface area (Å²) in [5.41, 5.74) is 0.858. The number of hydrogen-bond donors (Lipinski definition) is 1. The summed E-state index contributed by atoms with van der Waals surface area (Å²) in [5, 5.41) is 2.80. The molecule has 74 valence electrons. The van der Waals surface area contributed by atoms with Crippen LogP contribution < -0.4 is 5.32 Å². The average molecular weight is 182 g/mol. The molecule has 0 aromatic heterocycles. The average Bonchev–Trinajstić information content (AvgIpc) is 2.13. The van der Waals surface area contributed by atoms with E-state index in [0.717, 1.165) is 5.57 Å². The van der Waals surface area contributed by atoms with E-state index in [1.54, 1.807) is 12.3 Å². The Hall–Kier alpha value is -1.38. The summed E-state index contributed by atoms with van der Waals surface area (Å²) in [6.07, 6.45) is 3.74. The van der Waals surface area contributed by atoms with Crippen molar-refractivity contribution in [3.63, 3.8) is 0 Å². The molecular formula is C10H18N2O. The van der Waals surface area contributed by atoms with Gasteiger partial charge in [0.15, 0.2) is 0 Å². The van der Waals surface area contributed by atoms with Crippen molar-refractivity contribution in [1.82, 2.24) is 5.32 Å². The summed E-state index contributed by atoms with van der Waals surface area (Å²) in [7, 11) is 0. The molecule has 0 saturated heterocycles. The quantitative estimate of drug-likeness (QED) is 0.512. The Bertz CT molecular complexity index is 236. The first-order valence-electron chi connectivity index (χ1n) is 4.23. The number of nitrogens with zero attached hydrogens (tertiary/aromatic N) is 1. The zero-order chi connectivity index (χ0) is 10.3. The van der Waals surface area contributed by atoms with E-state index in [1.807, 2.05) is 13.8 Å². The van der Waals surface area contributed by atoms with Gasteiger partial charge in [-0.2, -0.15) is 0 Å². The summed E-state index contributed by atoms with van der Waals surface area (Å²) in [6.45, 7) is 10.7. The van der Waals surface area contributed by atoms with Gasteiger partial charge in [0.1, 0.15) is 0 Å². The Balaban J connectivity index is 0. The van der Waals surface area contributed by atoms with Crippen molar-refractivity contribution in [3.05, 3.63) is 24.4 Å².